The van der Waals surface area contributed by atoms with Crippen molar-refractivity contribution in [2.75, 3.05) is 0 Å². The molecule has 1 fully saturated rings. The molecule has 122 valence electrons. The third-order valence-electron chi connectivity index (χ3n) is 4.27. The van der Waals surface area contributed by atoms with E-state index in [4.69, 9.17) is 4.74 Å². The zero-order valence-corrected chi connectivity index (χ0v) is 13.9. The van der Waals surface area contributed by atoms with Gasteiger partial charge in [0.1, 0.15) is 17.7 Å². The molecule has 0 saturated carbocycles. The molecule has 2 aliphatic rings. The van der Waals surface area contributed by atoms with Crippen molar-refractivity contribution in [3.05, 3.63) is 35.4 Å². The van der Waals surface area contributed by atoms with Crippen molar-refractivity contribution >= 4 is 12.2 Å². The number of fused-ring (bicyclic) bond motifs is 3. The van der Waals surface area contributed by atoms with E-state index in [2.05, 4.69) is 5.10 Å². The second-order valence-electron chi connectivity index (χ2n) is 7.09. The van der Waals surface area contributed by atoms with Gasteiger partial charge in [-0.2, -0.15) is 15.6 Å². The predicted molar refractivity (Wildman–Crippen MR) is 86.5 cm³/mol. The molecule has 0 unspecified atom stereocenters. The van der Waals surface area contributed by atoms with Gasteiger partial charge >= 0.3 is 5.97 Å². The molecular formula is C18H18N4O2. The van der Waals surface area contributed by atoms with Crippen LogP contribution in [0.25, 0.3) is 0 Å². The van der Waals surface area contributed by atoms with Crippen LogP contribution in [0.3, 0.4) is 0 Å². The Hall–Kier alpha value is -2.86. The molecule has 3 rings (SSSR count). The largest absolute Gasteiger partial charge is 0.460 e. The minimum atomic E-state index is -1.46. The van der Waals surface area contributed by atoms with Crippen molar-refractivity contribution in [2.24, 2.45) is 11.0 Å². The third-order valence-corrected chi connectivity index (χ3v) is 4.27. The topological polar surface area (TPSA) is 89.5 Å². The van der Waals surface area contributed by atoms with E-state index in [-0.39, 0.29) is 6.42 Å². The number of hydrogen-bond acceptors (Lipinski definition) is 6. The van der Waals surface area contributed by atoms with Crippen LogP contribution in [0.15, 0.2) is 29.4 Å². The van der Waals surface area contributed by atoms with Gasteiger partial charge in [0.15, 0.2) is 0 Å². The van der Waals surface area contributed by atoms with Gasteiger partial charge < -0.3 is 4.74 Å². The van der Waals surface area contributed by atoms with E-state index in [9.17, 15) is 15.3 Å². The first-order valence-corrected chi connectivity index (χ1v) is 7.79. The molecule has 2 heterocycles. The summed E-state index contributed by atoms with van der Waals surface area (Å²) in [6, 6.07) is 11.2. The van der Waals surface area contributed by atoms with Gasteiger partial charge in [-0.05, 0) is 31.9 Å². The highest BCUT2D eigenvalue weighted by Crippen LogP contribution is 2.49. The molecular weight excluding hydrogens is 304 g/mol. The van der Waals surface area contributed by atoms with E-state index in [1.807, 2.05) is 36.4 Å². The highest BCUT2D eigenvalue weighted by atomic mass is 16.6. The van der Waals surface area contributed by atoms with Gasteiger partial charge in [0.05, 0.1) is 18.2 Å². The predicted octanol–water partition coefficient (Wildman–Crippen LogP) is 2.52. The van der Waals surface area contributed by atoms with E-state index < -0.39 is 29.1 Å². The summed E-state index contributed by atoms with van der Waals surface area (Å²) in [6.45, 7) is 5.39. The molecule has 0 aromatic heterocycles. The number of carbonyl (C=O) groups excluding carboxylic acids is 1. The van der Waals surface area contributed by atoms with Gasteiger partial charge in [-0.25, -0.2) is 0 Å². The van der Waals surface area contributed by atoms with Crippen molar-refractivity contribution in [3.63, 3.8) is 0 Å². The second kappa shape index (κ2) is 5.35. The zero-order chi connectivity index (χ0) is 17.5. The van der Waals surface area contributed by atoms with Crippen LogP contribution in [0, 0.1) is 28.6 Å². The van der Waals surface area contributed by atoms with Crippen LogP contribution < -0.4 is 0 Å². The molecule has 0 aliphatic carbocycles. The summed E-state index contributed by atoms with van der Waals surface area (Å²) >= 11 is 0. The fourth-order valence-corrected chi connectivity index (χ4v) is 3.28. The molecule has 1 aromatic rings. The number of hydrogen-bond donors (Lipinski definition) is 0. The maximum Gasteiger partial charge on any atom is 0.312 e. The molecule has 0 N–H and O–H groups in total. The second-order valence-corrected chi connectivity index (χ2v) is 7.09. The smallest absolute Gasteiger partial charge is 0.312 e. The number of hydrazone groups is 1. The number of nitrogens with zero attached hydrogens (tertiary/aromatic N) is 4. The monoisotopic (exact) mass is 322 g/mol. The van der Waals surface area contributed by atoms with Crippen LogP contribution >= 0.6 is 0 Å². The van der Waals surface area contributed by atoms with E-state index >= 15 is 0 Å². The number of rotatable bonds is 1. The summed E-state index contributed by atoms with van der Waals surface area (Å²) in [7, 11) is 0. The van der Waals surface area contributed by atoms with Crippen LogP contribution in [0.2, 0.25) is 0 Å². The average Bonchev–Trinajstić information content (AvgIpc) is 2.89. The SMILES string of the molecule is CC(C)(C)OC(=O)[C@H]1CC(C#N)(C#N)N2N=Cc3ccccc3[C@@H]12. The maximum atomic E-state index is 12.7. The van der Waals surface area contributed by atoms with Gasteiger partial charge in [0.2, 0.25) is 5.54 Å². The fourth-order valence-electron chi connectivity index (χ4n) is 3.28. The molecule has 6 heteroatoms. The molecule has 1 saturated heterocycles. The lowest BCUT2D eigenvalue weighted by molar-refractivity contribution is -0.161. The lowest BCUT2D eigenvalue weighted by atomic mass is 9.88. The maximum absolute atomic E-state index is 12.7. The Kier molecular flexibility index (Phi) is 3.57. The molecule has 0 spiro atoms. The van der Waals surface area contributed by atoms with E-state index in [1.54, 1.807) is 27.0 Å². The average molecular weight is 322 g/mol. The molecule has 2 aliphatic heterocycles. The Balaban J connectivity index is 2.08. The quantitative estimate of drug-likeness (QED) is 0.741. The minimum absolute atomic E-state index is 0.0747. The minimum Gasteiger partial charge on any atom is -0.460 e. The van der Waals surface area contributed by atoms with Gasteiger partial charge in [0.25, 0.3) is 0 Å². The Morgan fingerprint density at radius 1 is 1.33 bits per heavy atom. The van der Waals surface area contributed by atoms with Crippen molar-refractivity contribution in [3.8, 4) is 12.1 Å². The number of esters is 1. The first-order valence-electron chi connectivity index (χ1n) is 7.79. The Labute approximate surface area is 140 Å². The van der Waals surface area contributed by atoms with E-state index in [0.29, 0.717) is 0 Å². The summed E-state index contributed by atoms with van der Waals surface area (Å²) < 4.78 is 5.53. The highest BCUT2D eigenvalue weighted by molar-refractivity contribution is 5.85. The van der Waals surface area contributed by atoms with Gasteiger partial charge in [0, 0.05) is 6.42 Å². The van der Waals surface area contributed by atoms with Gasteiger partial charge in [-0.1, -0.05) is 24.3 Å². The molecule has 24 heavy (non-hydrogen) atoms. The summed E-state index contributed by atoms with van der Waals surface area (Å²) in [6.07, 6.45) is 1.71. The van der Waals surface area contributed by atoms with Crippen molar-refractivity contribution in [2.45, 2.75) is 44.4 Å². The molecule has 0 amide bonds. The standard InChI is InChI=1S/C18H18N4O2/c1-17(2,3)24-16(23)14-8-18(10-19,11-20)22-15(14)13-7-5-4-6-12(13)9-21-22/h4-7,9,14-15H,8H2,1-3H3/t14-,15-/m0/s1. The van der Waals surface area contributed by atoms with E-state index in [1.165, 1.54) is 5.01 Å². The van der Waals surface area contributed by atoms with Crippen molar-refractivity contribution in [1.82, 2.24) is 5.01 Å². The summed E-state index contributed by atoms with van der Waals surface area (Å²) in [5.74, 6) is -1.03. The van der Waals surface area contributed by atoms with Crippen LogP contribution in [0.4, 0.5) is 0 Å². The normalized spacial score (nSPS) is 23.6. The fraction of sp³-hybridized carbons (Fsp3) is 0.444. The van der Waals surface area contributed by atoms with Crippen LogP contribution in [-0.4, -0.2) is 28.3 Å². The summed E-state index contributed by atoms with van der Waals surface area (Å²) in [5, 5.41) is 25.0. The third kappa shape index (κ3) is 2.41. The Bertz CT molecular complexity index is 780. The van der Waals surface area contributed by atoms with Crippen LogP contribution in [-0.2, 0) is 9.53 Å². The zero-order valence-electron chi connectivity index (χ0n) is 13.9. The number of nitriles is 2. The Morgan fingerprint density at radius 2 is 2.00 bits per heavy atom. The summed E-state index contributed by atoms with van der Waals surface area (Å²) in [4.78, 5) is 12.7. The van der Waals surface area contributed by atoms with Crippen LogP contribution in [0.5, 0.6) is 0 Å². The first-order chi connectivity index (χ1) is 11.3. The van der Waals surface area contributed by atoms with E-state index in [0.717, 1.165) is 11.1 Å². The highest BCUT2D eigenvalue weighted by Gasteiger charge is 2.57. The molecule has 6 nitrogen and oxygen atoms in total. The number of benzene rings is 1. The van der Waals surface area contributed by atoms with Crippen LogP contribution in [0.1, 0.15) is 44.4 Å². The summed E-state index contributed by atoms with van der Waals surface area (Å²) in [5.41, 5.74) is -0.324. The lowest BCUT2D eigenvalue weighted by Gasteiger charge is -2.33. The molecule has 2 atom stereocenters. The number of carbonyl (C=O) groups is 1. The molecule has 0 radical (unpaired) electrons. The molecule has 1 aromatic carbocycles. The molecule has 0 bridgehead atoms. The number of ether oxygens (including phenoxy) is 1. The van der Waals surface area contributed by atoms with Gasteiger partial charge in [-0.15, -0.1) is 0 Å². The van der Waals surface area contributed by atoms with Crippen molar-refractivity contribution in [1.29, 1.82) is 10.5 Å². The lowest BCUT2D eigenvalue weighted by Crippen LogP contribution is -2.40. The van der Waals surface area contributed by atoms with Gasteiger partial charge in [-0.3, -0.25) is 9.80 Å². The first kappa shape index (κ1) is 16.0. The Morgan fingerprint density at radius 3 is 2.62 bits per heavy atom. The van der Waals surface area contributed by atoms with Crippen molar-refractivity contribution < 1.29 is 9.53 Å².